The summed E-state index contributed by atoms with van der Waals surface area (Å²) in [7, 11) is 0. The van der Waals surface area contributed by atoms with Gasteiger partial charge in [-0.2, -0.15) is 0 Å². The van der Waals surface area contributed by atoms with Crippen LogP contribution in [0.25, 0.3) is 0 Å². The van der Waals surface area contributed by atoms with Crippen LogP contribution in [0.5, 0.6) is 0 Å². The molecule has 4 aromatic carbocycles. The summed E-state index contributed by atoms with van der Waals surface area (Å²) >= 11 is 0. The minimum absolute atomic E-state index is 0.0813. The highest BCUT2D eigenvalue weighted by Crippen LogP contribution is 2.22. The molecule has 1 aliphatic rings. The first-order chi connectivity index (χ1) is 22.0. The van der Waals surface area contributed by atoms with Crippen LogP contribution in [0, 0.1) is 5.21 Å². The van der Waals surface area contributed by atoms with Crippen molar-refractivity contribution in [3.63, 3.8) is 0 Å². The van der Waals surface area contributed by atoms with Crippen molar-refractivity contribution in [3.8, 4) is 0 Å². The third-order valence-corrected chi connectivity index (χ3v) is 6.97. The lowest BCUT2D eigenvalue weighted by Crippen LogP contribution is -2.49. The minimum atomic E-state index is -1.38. The maximum absolute atomic E-state index is 13.5. The average Bonchev–Trinajstić information content (AvgIpc) is 3.08. The number of benzene rings is 4. The van der Waals surface area contributed by atoms with Crippen molar-refractivity contribution in [2.75, 3.05) is 13.2 Å². The normalized spacial score (nSPS) is 20.2. The zero-order chi connectivity index (χ0) is 31.4. The first-order valence-electron chi connectivity index (χ1n) is 14.4. The van der Waals surface area contributed by atoms with Crippen LogP contribution < -0.4 is 0 Å². The molecule has 0 radical (unpaired) electrons. The molecule has 0 aliphatic carbocycles. The standard InChI is InChI=1S/C36H31NO8/c38-34(27-15-7-2-8-16-27)43-31-22-21-30(25-42-24-26-13-5-1-6-14-26)37(41)23-32(44-35(39)28-17-9-3-10-18-28)33(31)45-36(40)29-19-11-4-12-20-29/h1-22,31-33H,23-25H2/b22-21-,37-30-/t31-,32+,33+/m1/s1. The Morgan fingerprint density at radius 3 is 1.62 bits per heavy atom. The molecule has 0 unspecified atom stereocenters. The van der Waals surface area contributed by atoms with Crippen molar-refractivity contribution in [1.82, 2.24) is 0 Å². The van der Waals surface area contributed by atoms with Crippen molar-refractivity contribution in [2.45, 2.75) is 24.9 Å². The monoisotopic (exact) mass is 605 g/mol. The number of rotatable bonds is 10. The van der Waals surface area contributed by atoms with E-state index in [0.717, 1.165) is 5.56 Å². The third kappa shape index (κ3) is 8.52. The number of nitrogens with zero attached hydrogens (tertiary/aromatic N) is 1. The summed E-state index contributed by atoms with van der Waals surface area (Å²) in [6.45, 7) is -0.261. The van der Waals surface area contributed by atoms with Crippen molar-refractivity contribution in [3.05, 3.63) is 161 Å². The second-order valence-corrected chi connectivity index (χ2v) is 10.2. The van der Waals surface area contributed by atoms with Gasteiger partial charge in [-0.05, 0) is 48.0 Å². The second kappa shape index (κ2) is 15.3. The van der Waals surface area contributed by atoms with Crippen LogP contribution in [0.15, 0.2) is 133 Å². The zero-order valence-corrected chi connectivity index (χ0v) is 24.3. The maximum atomic E-state index is 13.5. The topological polar surface area (TPSA) is 114 Å². The molecule has 1 aliphatic heterocycles. The van der Waals surface area contributed by atoms with Crippen molar-refractivity contribution in [2.24, 2.45) is 0 Å². The molecule has 9 nitrogen and oxygen atoms in total. The SMILES string of the molecule is O=C(O[C@@H]1[C@@H](OC(=O)c2ccccc2)C/[N+]([O-])=C(COCc2ccccc2)\C=C/[C@H]1OC(=O)c1ccccc1)c1ccccc1. The van der Waals surface area contributed by atoms with E-state index in [1.165, 1.54) is 12.2 Å². The van der Waals surface area contributed by atoms with Crippen LogP contribution >= 0.6 is 0 Å². The van der Waals surface area contributed by atoms with Crippen LogP contribution in [0.4, 0.5) is 0 Å². The minimum Gasteiger partial charge on any atom is -0.623 e. The van der Waals surface area contributed by atoms with Gasteiger partial charge in [-0.15, -0.1) is 0 Å². The van der Waals surface area contributed by atoms with Gasteiger partial charge in [0, 0.05) is 6.08 Å². The molecule has 45 heavy (non-hydrogen) atoms. The molecule has 9 heteroatoms. The fraction of sp³-hybridized carbons (Fsp3) is 0.167. The maximum Gasteiger partial charge on any atom is 0.338 e. The van der Waals surface area contributed by atoms with E-state index in [1.807, 2.05) is 30.3 Å². The summed E-state index contributed by atoms with van der Waals surface area (Å²) in [4.78, 5) is 39.8. The summed E-state index contributed by atoms with van der Waals surface area (Å²) in [6.07, 6.45) is -1.04. The molecule has 1 heterocycles. The Labute approximate surface area is 260 Å². The predicted molar refractivity (Wildman–Crippen MR) is 166 cm³/mol. The molecule has 0 saturated heterocycles. The van der Waals surface area contributed by atoms with Gasteiger partial charge in [0.05, 0.1) is 23.3 Å². The summed E-state index contributed by atoms with van der Waals surface area (Å²) in [5.41, 5.74) is 1.84. The molecule has 5 rings (SSSR count). The molecule has 3 atom stereocenters. The highest BCUT2D eigenvalue weighted by atomic mass is 16.6. The number of carbonyl (C=O) groups excluding carboxylic acids is 3. The predicted octanol–water partition coefficient (Wildman–Crippen LogP) is 5.40. The Hall–Kier alpha value is -5.54. The van der Waals surface area contributed by atoms with Gasteiger partial charge in [0.1, 0.15) is 6.61 Å². The molecule has 0 spiro atoms. The number of esters is 3. The number of hydrogen-bond donors (Lipinski definition) is 0. The Balaban J connectivity index is 1.48. The second-order valence-electron chi connectivity index (χ2n) is 10.2. The molecule has 0 aromatic heterocycles. The van der Waals surface area contributed by atoms with Gasteiger partial charge in [0.15, 0.2) is 18.8 Å². The average molecular weight is 606 g/mol. The van der Waals surface area contributed by atoms with Gasteiger partial charge >= 0.3 is 17.9 Å². The summed E-state index contributed by atoms with van der Waals surface area (Å²) in [6, 6.07) is 34.2. The first kappa shape index (κ1) is 30.9. The molecule has 0 saturated carbocycles. The van der Waals surface area contributed by atoms with Gasteiger partial charge in [0.2, 0.25) is 11.8 Å². The quantitative estimate of drug-likeness (QED) is 0.102. The highest BCUT2D eigenvalue weighted by Gasteiger charge is 2.41. The number of carbonyl (C=O) groups is 3. The number of hydroxylamine groups is 1. The molecule has 228 valence electrons. The van der Waals surface area contributed by atoms with E-state index in [4.69, 9.17) is 18.9 Å². The van der Waals surface area contributed by atoms with Gasteiger partial charge in [0.25, 0.3) is 0 Å². The molecular formula is C36H31NO8. The fourth-order valence-corrected chi connectivity index (χ4v) is 4.63. The summed E-state index contributed by atoms with van der Waals surface area (Å²) < 4.78 is 24.0. The van der Waals surface area contributed by atoms with E-state index in [-0.39, 0.29) is 35.6 Å². The third-order valence-electron chi connectivity index (χ3n) is 6.97. The lowest BCUT2D eigenvalue weighted by Gasteiger charge is -2.31. The number of ether oxygens (including phenoxy) is 4. The molecule has 4 aromatic rings. The van der Waals surface area contributed by atoms with Crippen molar-refractivity contribution in [1.29, 1.82) is 0 Å². The lowest BCUT2D eigenvalue weighted by atomic mass is 10.0. The van der Waals surface area contributed by atoms with Gasteiger partial charge in [-0.1, -0.05) is 84.9 Å². The van der Waals surface area contributed by atoms with Crippen LogP contribution in [0.3, 0.4) is 0 Å². The zero-order valence-electron chi connectivity index (χ0n) is 24.3. The van der Waals surface area contributed by atoms with Crippen molar-refractivity contribution >= 4 is 23.6 Å². The lowest BCUT2D eigenvalue weighted by molar-refractivity contribution is -0.473. The summed E-state index contributed by atoms with van der Waals surface area (Å²) in [5.74, 6) is -2.18. The molecule has 0 amide bonds. The molecule has 0 N–H and O–H groups in total. The van der Waals surface area contributed by atoms with Crippen LogP contribution in [-0.4, -0.2) is 59.8 Å². The Kier molecular flexibility index (Phi) is 10.5. The number of hydrogen-bond acceptors (Lipinski definition) is 8. The van der Waals surface area contributed by atoms with Gasteiger partial charge < -0.3 is 24.2 Å². The van der Waals surface area contributed by atoms with E-state index in [9.17, 15) is 19.6 Å². The highest BCUT2D eigenvalue weighted by molar-refractivity contribution is 5.93. The fourth-order valence-electron chi connectivity index (χ4n) is 4.63. The van der Waals surface area contributed by atoms with E-state index in [1.54, 1.807) is 91.0 Å². The molecule has 0 bridgehead atoms. The first-order valence-corrected chi connectivity index (χ1v) is 14.4. The Morgan fingerprint density at radius 1 is 0.622 bits per heavy atom. The van der Waals surface area contributed by atoms with E-state index >= 15 is 0 Å². The van der Waals surface area contributed by atoms with E-state index in [0.29, 0.717) is 4.74 Å². The Bertz CT molecular complexity index is 1640. The van der Waals surface area contributed by atoms with E-state index in [2.05, 4.69) is 0 Å². The largest absolute Gasteiger partial charge is 0.623 e. The van der Waals surface area contributed by atoms with Crippen molar-refractivity contribution < 1.29 is 38.1 Å². The van der Waals surface area contributed by atoms with Crippen LogP contribution in [-0.2, 0) is 25.6 Å². The van der Waals surface area contributed by atoms with Crippen LogP contribution in [0.1, 0.15) is 36.6 Å². The van der Waals surface area contributed by atoms with E-state index < -0.39 is 42.8 Å². The molecular weight excluding hydrogens is 574 g/mol. The molecule has 0 fully saturated rings. The Morgan fingerprint density at radius 2 is 1.09 bits per heavy atom. The summed E-state index contributed by atoms with van der Waals surface area (Å²) in [5, 5.41) is 13.5. The van der Waals surface area contributed by atoms with Crippen LogP contribution in [0.2, 0.25) is 0 Å². The van der Waals surface area contributed by atoms with Gasteiger partial charge in [-0.25, -0.2) is 19.1 Å². The van der Waals surface area contributed by atoms with Gasteiger partial charge in [-0.3, -0.25) is 0 Å². The smallest absolute Gasteiger partial charge is 0.338 e.